The van der Waals surface area contributed by atoms with Gasteiger partial charge in [0.05, 0.1) is 19.8 Å². The highest BCUT2D eigenvalue weighted by Crippen LogP contribution is 2.33. The molecule has 152 valence electrons. The average Bonchev–Trinajstić information content (AvgIpc) is 2.65. The predicted molar refractivity (Wildman–Crippen MR) is 101 cm³/mol. The van der Waals surface area contributed by atoms with Crippen LogP contribution in [0.2, 0.25) is 0 Å². The molecule has 28 heavy (non-hydrogen) atoms. The van der Waals surface area contributed by atoms with Crippen LogP contribution in [0.25, 0.3) is 0 Å². The van der Waals surface area contributed by atoms with Gasteiger partial charge < -0.3 is 20.1 Å². The van der Waals surface area contributed by atoms with Gasteiger partial charge in [0.2, 0.25) is 0 Å². The lowest BCUT2D eigenvalue weighted by atomic mass is 9.84. The summed E-state index contributed by atoms with van der Waals surface area (Å²) in [5.74, 6) is 1.17. The van der Waals surface area contributed by atoms with Crippen molar-refractivity contribution in [1.29, 1.82) is 0 Å². The molecule has 0 fully saturated rings. The number of alkyl halides is 3. The van der Waals surface area contributed by atoms with Crippen LogP contribution >= 0.6 is 0 Å². The van der Waals surface area contributed by atoms with Crippen molar-refractivity contribution in [2.45, 2.75) is 25.4 Å². The molecule has 0 saturated heterocycles. The van der Waals surface area contributed by atoms with Crippen LogP contribution in [-0.4, -0.2) is 26.8 Å². The van der Waals surface area contributed by atoms with Gasteiger partial charge in [0.1, 0.15) is 0 Å². The molecule has 0 aromatic heterocycles. The van der Waals surface area contributed by atoms with Gasteiger partial charge >= 0.3 is 12.2 Å². The smallest absolute Gasteiger partial charge is 0.416 e. The van der Waals surface area contributed by atoms with Crippen molar-refractivity contribution >= 4 is 11.7 Å². The van der Waals surface area contributed by atoms with Crippen LogP contribution in [0, 0.1) is 0 Å². The molecule has 2 rings (SSSR count). The second-order valence-electron chi connectivity index (χ2n) is 6.84. The molecule has 0 saturated carbocycles. The lowest BCUT2D eigenvalue weighted by Crippen LogP contribution is -2.39. The first-order valence-electron chi connectivity index (χ1n) is 8.51. The molecule has 8 heteroatoms. The van der Waals surface area contributed by atoms with Gasteiger partial charge in [-0.2, -0.15) is 13.2 Å². The maximum Gasteiger partial charge on any atom is 0.416 e. The Balaban J connectivity index is 2.03. The van der Waals surface area contributed by atoms with Gasteiger partial charge in [-0.15, -0.1) is 0 Å². The van der Waals surface area contributed by atoms with Crippen LogP contribution in [-0.2, 0) is 11.6 Å². The van der Waals surface area contributed by atoms with Crippen LogP contribution in [0.15, 0.2) is 42.5 Å². The number of methoxy groups -OCH3 is 2. The quantitative estimate of drug-likeness (QED) is 0.736. The second-order valence-corrected chi connectivity index (χ2v) is 6.84. The number of amides is 2. The molecule has 5 nitrogen and oxygen atoms in total. The van der Waals surface area contributed by atoms with E-state index in [1.807, 2.05) is 26.0 Å². The summed E-state index contributed by atoms with van der Waals surface area (Å²) in [5, 5.41) is 5.12. The Morgan fingerprint density at radius 3 is 2.25 bits per heavy atom. The minimum Gasteiger partial charge on any atom is -0.493 e. The first-order valence-corrected chi connectivity index (χ1v) is 8.51. The minimum absolute atomic E-state index is 0.0660. The fraction of sp³-hybridized carbons (Fsp3) is 0.350. The Bertz CT molecular complexity index is 836. The van der Waals surface area contributed by atoms with Gasteiger partial charge in [-0.25, -0.2) is 4.79 Å². The molecule has 0 aliphatic heterocycles. The summed E-state index contributed by atoms with van der Waals surface area (Å²) in [7, 11) is 3.08. The van der Waals surface area contributed by atoms with Gasteiger partial charge in [-0.1, -0.05) is 26.0 Å². The fourth-order valence-corrected chi connectivity index (χ4v) is 2.61. The summed E-state index contributed by atoms with van der Waals surface area (Å²) in [5.41, 5.74) is -0.304. The van der Waals surface area contributed by atoms with Crippen molar-refractivity contribution in [3.63, 3.8) is 0 Å². The Labute approximate surface area is 161 Å². The van der Waals surface area contributed by atoms with E-state index >= 15 is 0 Å². The topological polar surface area (TPSA) is 59.6 Å². The number of urea groups is 1. The summed E-state index contributed by atoms with van der Waals surface area (Å²) < 4.78 is 48.8. The van der Waals surface area contributed by atoms with E-state index in [0.717, 1.165) is 17.7 Å². The third kappa shape index (κ3) is 5.31. The van der Waals surface area contributed by atoms with Crippen molar-refractivity contribution in [3.05, 3.63) is 53.6 Å². The minimum atomic E-state index is -4.47. The number of anilines is 1. The molecular formula is C20H23F3N2O3. The molecule has 0 atom stereocenters. The predicted octanol–water partition coefficient (Wildman–Crippen LogP) is 4.82. The molecule has 0 aliphatic carbocycles. The number of nitrogens with one attached hydrogen (secondary N) is 2. The normalized spacial score (nSPS) is 11.7. The number of hydrogen-bond donors (Lipinski definition) is 2. The fourth-order valence-electron chi connectivity index (χ4n) is 2.61. The third-order valence-corrected chi connectivity index (χ3v) is 4.30. The molecule has 0 unspecified atom stereocenters. The number of hydrogen-bond acceptors (Lipinski definition) is 3. The van der Waals surface area contributed by atoms with Crippen molar-refractivity contribution in [3.8, 4) is 11.5 Å². The van der Waals surface area contributed by atoms with Crippen LogP contribution in [0.1, 0.15) is 25.0 Å². The zero-order chi connectivity index (χ0) is 20.9. The maximum absolute atomic E-state index is 12.8. The standard InChI is InChI=1S/C20H23F3N2O3/c1-19(2,13-8-9-16(27-3)17(11-13)28-4)12-24-18(26)25-15-7-5-6-14(10-15)20(21,22)23/h5-11H,12H2,1-4H3,(H2,24,25,26). The highest BCUT2D eigenvalue weighted by Gasteiger charge is 2.30. The molecule has 2 N–H and O–H groups in total. The molecule has 0 aliphatic rings. The Morgan fingerprint density at radius 1 is 0.964 bits per heavy atom. The monoisotopic (exact) mass is 396 g/mol. The number of rotatable bonds is 6. The van der Waals surface area contributed by atoms with E-state index in [1.165, 1.54) is 19.2 Å². The second kappa shape index (κ2) is 8.41. The van der Waals surface area contributed by atoms with E-state index in [2.05, 4.69) is 10.6 Å². The van der Waals surface area contributed by atoms with E-state index in [4.69, 9.17) is 9.47 Å². The molecule has 0 bridgehead atoms. The molecular weight excluding hydrogens is 373 g/mol. The molecule has 2 aromatic rings. The van der Waals surface area contributed by atoms with Crippen LogP contribution in [0.5, 0.6) is 11.5 Å². The number of ether oxygens (including phenoxy) is 2. The number of carbonyl (C=O) groups excluding carboxylic acids is 1. The lowest BCUT2D eigenvalue weighted by Gasteiger charge is -2.26. The van der Waals surface area contributed by atoms with Gasteiger partial charge in [-0.05, 0) is 35.9 Å². The largest absolute Gasteiger partial charge is 0.493 e. The molecule has 2 aromatic carbocycles. The number of halogens is 3. The molecule has 0 spiro atoms. The molecule has 2 amide bonds. The van der Waals surface area contributed by atoms with Crippen LogP contribution < -0.4 is 20.1 Å². The van der Waals surface area contributed by atoms with E-state index < -0.39 is 23.2 Å². The van der Waals surface area contributed by atoms with Gasteiger partial charge in [0.15, 0.2) is 11.5 Å². The summed E-state index contributed by atoms with van der Waals surface area (Å²) in [6, 6.07) is 9.35. The zero-order valence-corrected chi connectivity index (χ0v) is 16.1. The van der Waals surface area contributed by atoms with Crippen molar-refractivity contribution in [2.24, 2.45) is 0 Å². The highest BCUT2D eigenvalue weighted by atomic mass is 19.4. The lowest BCUT2D eigenvalue weighted by molar-refractivity contribution is -0.137. The summed E-state index contributed by atoms with van der Waals surface area (Å²) in [6.45, 7) is 4.12. The van der Waals surface area contributed by atoms with Crippen molar-refractivity contribution < 1.29 is 27.4 Å². The van der Waals surface area contributed by atoms with Gasteiger partial charge in [0.25, 0.3) is 0 Å². The van der Waals surface area contributed by atoms with Gasteiger partial charge in [-0.3, -0.25) is 0 Å². The zero-order valence-electron chi connectivity index (χ0n) is 16.1. The summed E-state index contributed by atoms with van der Waals surface area (Å²) in [4.78, 5) is 12.1. The Morgan fingerprint density at radius 2 is 1.64 bits per heavy atom. The van der Waals surface area contributed by atoms with Crippen molar-refractivity contribution in [1.82, 2.24) is 5.32 Å². The SMILES string of the molecule is COc1ccc(C(C)(C)CNC(=O)Nc2cccc(C(F)(F)F)c2)cc1OC. The van der Waals surface area contributed by atoms with Crippen molar-refractivity contribution in [2.75, 3.05) is 26.1 Å². The third-order valence-electron chi connectivity index (χ3n) is 4.30. The van der Waals surface area contributed by atoms with E-state index in [0.29, 0.717) is 11.5 Å². The summed E-state index contributed by atoms with van der Waals surface area (Å²) in [6.07, 6.45) is -4.47. The van der Waals surface area contributed by atoms with Gasteiger partial charge in [0, 0.05) is 17.6 Å². The van der Waals surface area contributed by atoms with Crippen LogP contribution in [0.4, 0.5) is 23.7 Å². The Hall–Kier alpha value is -2.90. The average molecular weight is 396 g/mol. The first kappa shape index (κ1) is 21.4. The molecule has 0 heterocycles. The highest BCUT2D eigenvalue weighted by molar-refractivity contribution is 5.89. The number of carbonyl (C=O) groups is 1. The first-order chi connectivity index (χ1) is 13.1. The summed E-state index contributed by atoms with van der Waals surface area (Å²) >= 11 is 0. The van der Waals surface area contributed by atoms with E-state index in [9.17, 15) is 18.0 Å². The van der Waals surface area contributed by atoms with E-state index in [-0.39, 0.29) is 12.2 Å². The maximum atomic E-state index is 12.8. The Kier molecular flexibility index (Phi) is 6.43. The van der Waals surface area contributed by atoms with E-state index in [1.54, 1.807) is 13.2 Å². The molecule has 0 radical (unpaired) electrons. The number of benzene rings is 2. The van der Waals surface area contributed by atoms with Crippen LogP contribution in [0.3, 0.4) is 0 Å².